The first kappa shape index (κ1) is 24.1. The number of benzene rings is 1. The number of aromatic nitrogens is 1. The molecule has 1 aromatic carbocycles. The van der Waals surface area contributed by atoms with Gasteiger partial charge in [0.15, 0.2) is 0 Å². The van der Waals surface area contributed by atoms with E-state index < -0.39 is 0 Å². The topological polar surface area (TPSA) is 59.2 Å². The molecule has 2 aromatic rings. The van der Waals surface area contributed by atoms with Gasteiger partial charge in [-0.3, -0.25) is 4.79 Å². The van der Waals surface area contributed by atoms with E-state index in [9.17, 15) is 4.79 Å². The van der Waals surface area contributed by atoms with Gasteiger partial charge in [0.05, 0.1) is 15.2 Å². The first-order valence-electron chi connectivity index (χ1n) is 8.20. The average molecular weight is 406 g/mol. The first-order valence-corrected chi connectivity index (χ1v) is 9.01. The Bertz CT molecular complexity index is 628. The molecule has 1 heterocycles. The van der Waals surface area contributed by atoms with Crippen LogP contribution in [-0.4, -0.2) is 35.9 Å². The molecule has 0 radical (unpaired) electrons. The van der Waals surface area contributed by atoms with Gasteiger partial charge in [-0.1, -0.05) is 26.0 Å². The number of thiazole rings is 1. The number of rotatable bonds is 8. The zero-order valence-corrected chi connectivity index (χ0v) is 17.6. The summed E-state index contributed by atoms with van der Waals surface area (Å²) < 4.78 is 1.24. The van der Waals surface area contributed by atoms with Crippen molar-refractivity contribution in [1.82, 2.24) is 9.88 Å². The molecule has 0 saturated heterocycles. The predicted molar refractivity (Wildman–Crippen MR) is 112 cm³/mol. The Morgan fingerprint density at radius 1 is 1.24 bits per heavy atom. The summed E-state index contributed by atoms with van der Waals surface area (Å²) in [6.45, 7) is 5.47. The number of fused-ring (bicyclic) bond motifs is 1. The van der Waals surface area contributed by atoms with E-state index in [1.165, 1.54) is 4.70 Å². The normalized spacial score (nSPS) is 10.9. The van der Waals surface area contributed by atoms with Crippen LogP contribution in [0.15, 0.2) is 24.3 Å². The maximum Gasteiger partial charge on any atom is 0.222 e. The van der Waals surface area contributed by atoms with E-state index >= 15 is 0 Å². The Kier molecular flexibility index (Phi) is 10.6. The number of nitrogens with two attached hydrogens (primary N) is 1. The van der Waals surface area contributed by atoms with Crippen LogP contribution in [-0.2, 0) is 11.2 Å². The summed E-state index contributed by atoms with van der Waals surface area (Å²) in [7, 11) is 1.87. The van der Waals surface area contributed by atoms with Crippen LogP contribution in [0, 0.1) is 5.41 Å². The molecule has 0 unspecified atom stereocenters. The van der Waals surface area contributed by atoms with Crippen molar-refractivity contribution in [2.45, 2.75) is 39.5 Å². The maximum atomic E-state index is 12.2. The van der Waals surface area contributed by atoms with E-state index in [0.717, 1.165) is 29.8 Å². The van der Waals surface area contributed by atoms with Gasteiger partial charge in [0, 0.05) is 20.0 Å². The third-order valence-corrected chi connectivity index (χ3v) is 5.11. The molecule has 0 fully saturated rings. The van der Waals surface area contributed by atoms with Crippen molar-refractivity contribution in [2.24, 2.45) is 11.1 Å². The Hall–Kier alpha value is -0.880. The van der Waals surface area contributed by atoms with Gasteiger partial charge in [0.2, 0.25) is 5.91 Å². The van der Waals surface area contributed by atoms with Gasteiger partial charge >= 0.3 is 0 Å². The van der Waals surface area contributed by atoms with Crippen molar-refractivity contribution in [3.05, 3.63) is 29.3 Å². The molecule has 142 valence electrons. The monoisotopic (exact) mass is 405 g/mol. The smallest absolute Gasteiger partial charge is 0.222 e. The summed E-state index contributed by atoms with van der Waals surface area (Å²) in [4.78, 5) is 18.6. The number of aryl methyl sites for hydroxylation is 1. The van der Waals surface area contributed by atoms with Gasteiger partial charge < -0.3 is 10.6 Å². The largest absolute Gasteiger partial charge is 0.345 e. The molecule has 0 aliphatic carbocycles. The zero-order valence-electron chi connectivity index (χ0n) is 15.2. The fourth-order valence-electron chi connectivity index (χ4n) is 2.56. The van der Waals surface area contributed by atoms with Crippen molar-refractivity contribution in [1.29, 1.82) is 0 Å². The van der Waals surface area contributed by atoms with Crippen molar-refractivity contribution in [2.75, 3.05) is 20.1 Å². The SMILES string of the molecule is CN(CC(C)(C)CN)C(=O)CCCCc1nc2ccccc2s1.Cl.Cl. The molecular weight excluding hydrogens is 377 g/mol. The molecule has 0 aliphatic rings. The van der Waals surface area contributed by atoms with Gasteiger partial charge in [-0.2, -0.15) is 0 Å². The Labute approximate surface area is 167 Å². The standard InChI is InChI=1S/C18H27N3OS.2ClH/c1-18(2,12-19)13-21(3)17(22)11-7-6-10-16-20-14-8-4-5-9-15(14)23-16;;/h4-5,8-9H,6-7,10-13,19H2,1-3H3;2*1H. The molecule has 1 amide bonds. The number of hydrogen-bond acceptors (Lipinski definition) is 4. The van der Waals surface area contributed by atoms with Crippen molar-refractivity contribution in [3.63, 3.8) is 0 Å². The lowest BCUT2D eigenvalue weighted by atomic mass is 9.93. The summed E-state index contributed by atoms with van der Waals surface area (Å²) >= 11 is 1.75. The average Bonchev–Trinajstić information content (AvgIpc) is 2.93. The Morgan fingerprint density at radius 2 is 1.92 bits per heavy atom. The molecule has 0 aliphatic heterocycles. The second-order valence-electron chi connectivity index (χ2n) is 6.90. The van der Waals surface area contributed by atoms with Crippen LogP contribution < -0.4 is 5.73 Å². The third-order valence-electron chi connectivity index (χ3n) is 4.01. The fraction of sp³-hybridized carbons (Fsp3) is 0.556. The van der Waals surface area contributed by atoms with Crippen LogP contribution in [0.25, 0.3) is 10.2 Å². The molecule has 0 saturated carbocycles. The third kappa shape index (κ3) is 7.48. The highest BCUT2D eigenvalue weighted by atomic mass is 35.5. The van der Waals surface area contributed by atoms with Gasteiger partial charge in [0.25, 0.3) is 0 Å². The summed E-state index contributed by atoms with van der Waals surface area (Å²) in [5.41, 5.74) is 6.78. The Morgan fingerprint density at radius 3 is 2.56 bits per heavy atom. The number of carbonyl (C=O) groups excluding carboxylic acids is 1. The van der Waals surface area contributed by atoms with Crippen LogP contribution in [0.3, 0.4) is 0 Å². The summed E-state index contributed by atoms with van der Waals surface area (Å²) in [5, 5.41) is 1.16. The molecule has 1 aromatic heterocycles. The molecule has 2 rings (SSSR count). The van der Waals surface area contributed by atoms with Crippen LogP contribution in [0.4, 0.5) is 0 Å². The van der Waals surface area contributed by atoms with Gasteiger partial charge in [-0.15, -0.1) is 36.2 Å². The highest BCUT2D eigenvalue weighted by molar-refractivity contribution is 7.18. The molecule has 4 nitrogen and oxygen atoms in total. The fourth-order valence-corrected chi connectivity index (χ4v) is 3.57. The minimum absolute atomic E-state index is 0. The number of unbranched alkanes of at least 4 members (excludes halogenated alkanes) is 1. The zero-order chi connectivity index (χ0) is 16.9. The van der Waals surface area contributed by atoms with E-state index in [1.54, 1.807) is 11.3 Å². The van der Waals surface area contributed by atoms with Crippen LogP contribution in [0.2, 0.25) is 0 Å². The molecule has 2 N–H and O–H groups in total. The van der Waals surface area contributed by atoms with Crippen LogP contribution in [0.1, 0.15) is 38.1 Å². The first-order chi connectivity index (χ1) is 10.9. The van der Waals surface area contributed by atoms with Crippen LogP contribution in [0.5, 0.6) is 0 Å². The van der Waals surface area contributed by atoms with Crippen LogP contribution >= 0.6 is 36.2 Å². The lowest BCUT2D eigenvalue weighted by Gasteiger charge is -2.29. The highest BCUT2D eigenvalue weighted by Gasteiger charge is 2.20. The van der Waals surface area contributed by atoms with E-state index in [-0.39, 0.29) is 36.1 Å². The summed E-state index contributed by atoms with van der Waals surface area (Å²) in [6, 6.07) is 8.21. The minimum atomic E-state index is -0.0224. The number of halogens is 2. The van der Waals surface area contributed by atoms with Crippen molar-refractivity contribution < 1.29 is 4.79 Å². The molecule has 0 spiro atoms. The number of nitrogens with zero attached hydrogens (tertiary/aromatic N) is 2. The number of para-hydroxylation sites is 1. The summed E-state index contributed by atoms with van der Waals surface area (Å²) in [6.07, 6.45) is 3.45. The molecule has 25 heavy (non-hydrogen) atoms. The second kappa shape index (κ2) is 11.0. The minimum Gasteiger partial charge on any atom is -0.345 e. The molecule has 0 bridgehead atoms. The number of carbonyl (C=O) groups is 1. The lowest BCUT2D eigenvalue weighted by Crippen LogP contribution is -2.39. The summed E-state index contributed by atoms with van der Waals surface area (Å²) in [5.74, 6) is 0.204. The quantitative estimate of drug-likeness (QED) is 0.665. The van der Waals surface area contributed by atoms with Gasteiger partial charge in [0.1, 0.15) is 0 Å². The highest BCUT2D eigenvalue weighted by Crippen LogP contribution is 2.23. The van der Waals surface area contributed by atoms with Gasteiger partial charge in [-0.25, -0.2) is 4.98 Å². The van der Waals surface area contributed by atoms with Crippen molar-refractivity contribution >= 4 is 52.3 Å². The Balaban J connectivity index is 0.00000288. The maximum absolute atomic E-state index is 12.2. The van der Waals surface area contributed by atoms with E-state index in [1.807, 2.05) is 30.1 Å². The second-order valence-corrected chi connectivity index (χ2v) is 8.02. The lowest BCUT2D eigenvalue weighted by molar-refractivity contribution is -0.131. The molecule has 7 heteroatoms. The van der Waals surface area contributed by atoms with E-state index in [2.05, 4.69) is 24.9 Å². The number of hydrogen-bond donors (Lipinski definition) is 1. The number of amides is 1. The van der Waals surface area contributed by atoms with Crippen molar-refractivity contribution in [3.8, 4) is 0 Å². The van der Waals surface area contributed by atoms with Gasteiger partial charge in [-0.05, 0) is 43.4 Å². The predicted octanol–water partition coefficient (Wildman–Crippen LogP) is 4.30. The molecular formula is C18H29Cl2N3OS. The molecule has 0 atom stereocenters. The van der Waals surface area contributed by atoms with E-state index in [0.29, 0.717) is 19.5 Å². The van der Waals surface area contributed by atoms with E-state index in [4.69, 9.17) is 5.73 Å².